The van der Waals surface area contributed by atoms with Gasteiger partial charge in [-0.3, -0.25) is 0 Å². The van der Waals surface area contributed by atoms with Crippen LogP contribution < -0.4 is 0 Å². The van der Waals surface area contributed by atoms with Gasteiger partial charge < -0.3 is 9.47 Å². The Bertz CT molecular complexity index is 209. The molecule has 0 N–H and O–H groups in total. The van der Waals surface area contributed by atoms with Crippen LogP contribution in [0.2, 0.25) is 0 Å². The van der Waals surface area contributed by atoms with E-state index in [-0.39, 0.29) is 12.1 Å². The van der Waals surface area contributed by atoms with Gasteiger partial charge in [-0.15, -0.1) is 0 Å². The lowest BCUT2D eigenvalue weighted by molar-refractivity contribution is -0.139. The topological polar surface area (TPSA) is 35.5 Å². The summed E-state index contributed by atoms with van der Waals surface area (Å²) < 4.78 is 10.2. The van der Waals surface area contributed by atoms with E-state index in [0.717, 1.165) is 6.42 Å². The maximum absolute atomic E-state index is 11.3. The second-order valence-electron chi connectivity index (χ2n) is 4.02. The molecule has 0 saturated carbocycles. The third kappa shape index (κ3) is 6.28. The van der Waals surface area contributed by atoms with E-state index < -0.39 is 0 Å². The molecule has 15 heavy (non-hydrogen) atoms. The van der Waals surface area contributed by atoms with Crippen LogP contribution in [0, 0.1) is 5.92 Å². The Morgan fingerprint density at radius 2 is 2.00 bits per heavy atom. The quantitative estimate of drug-likeness (QED) is 0.482. The molecule has 0 radical (unpaired) electrons. The molecule has 0 amide bonds. The molecule has 0 rings (SSSR count). The molecular weight excluding hydrogens is 192 g/mol. The third-order valence-electron chi connectivity index (χ3n) is 2.11. The zero-order valence-electron chi connectivity index (χ0n) is 10.2. The predicted octanol–water partition coefficient (Wildman–Crippen LogP) is 2.56. The van der Waals surface area contributed by atoms with E-state index in [9.17, 15) is 4.79 Å². The number of ether oxygens (including phenoxy) is 2. The van der Waals surface area contributed by atoms with E-state index in [1.807, 2.05) is 0 Å². The minimum atomic E-state index is -0.316. The summed E-state index contributed by atoms with van der Waals surface area (Å²) in [6, 6.07) is 0. The average molecular weight is 214 g/mol. The first kappa shape index (κ1) is 14.2. The summed E-state index contributed by atoms with van der Waals surface area (Å²) in [6.45, 7) is 10.1. The number of carbonyl (C=O) groups is 1. The van der Waals surface area contributed by atoms with Crippen LogP contribution in [0.25, 0.3) is 0 Å². The number of carbonyl (C=O) groups excluding carboxylic acids is 1. The zero-order valence-corrected chi connectivity index (χ0v) is 10.2. The van der Waals surface area contributed by atoms with Gasteiger partial charge in [-0.1, -0.05) is 20.4 Å². The van der Waals surface area contributed by atoms with Crippen molar-refractivity contribution in [3.8, 4) is 0 Å². The van der Waals surface area contributed by atoms with E-state index in [1.165, 1.54) is 0 Å². The predicted molar refractivity (Wildman–Crippen MR) is 60.6 cm³/mol. The van der Waals surface area contributed by atoms with Gasteiger partial charge in [0.15, 0.2) is 0 Å². The molecule has 0 aliphatic heterocycles. The van der Waals surface area contributed by atoms with Crippen LogP contribution in [0.3, 0.4) is 0 Å². The van der Waals surface area contributed by atoms with Gasteiger partial charge in [-0.05, 0) is 19.3 Å². The zero-order chi connectivity index (χ0) is 11.8. The molecule has 0 aromatic carbocycles. The van der Waals surface area contributed by atoms with Gasteiger partial charge in [-0.25, -0.2) is 4.79 Å². The summed E-state index contributed by atoms with van der Waals surface area (Å²) in [5.74, 6) is 0.230. The van der Waals surface area contributed by atoms with Crippen LogP contribution in [0.15, 0.2) is 12.2 Å². The third-order valence-corrected chi connectivity index (χ3v) is 2.11. The molecule has 0 aliphatic carbocycles. The second-order valence-corrected chi connectivity index (χ2v) is 4.02. The van der Waals surface area contributed by atoms with Crippen molar-refractivity contribution >= 4 is 5.97 Å². The number of hydrogen-bond acceptors (Lipinski definition) is 3. The summed E-state index contributed by atoms with van der Waals surface area (Å²) >= 11 is 0. The number of methoxy groups -OCH3 is 1. The van der Waals surface area contributed by atoms with Crippen LogP contribution in [0.5, 0.6) is 0 Å². The lowest BCUT2D eigenvalue weighted by Gasteiger charge is -2.17. The Hall–Kier alpha value is -0.830. The fourth-order valence-electron chi connectivity index (χ4n) is 1.38. The first-order valence-corrected chi connectivity index (χ1v) is 5.38. The molecular formula is C12H22O3. The minimum absolute atomic E-state index is 0.0573. The van der Waals surface area contributed by atoms with Crippen molar-refractivity contribution in [2.75, 3.05) is 13.7 Å². The molecule has 0 heterocycles. The minimum Gasteiger partial charge on any atom is -0.463 e. The second kappa shape index (κ2) is 7.46. The summed E-state index contributed by atoms with van der Waals surface area (Å²) in [5, 5.41) is 0. The maximum Gasteiger partial charge on any atom is 0.333 e. The Morgan fingerprint density at radius 3 is 2.40 bits per heavy atom. The molecule has 1 unspecified atom stereocenters. The molecule has 3 nitrogen and oxygen atoms in total. The summed E-state index contributed by atoms with van der Waals surface area (Å²) in [4.78, 5) is 11.3. The molecule has 0 saturated heterocycles. The van der Waals surface area contributed by atoms with Gasteiger partial charge in [0.1, 0.15) is 0 Å². The molecule has 0 aliphatic rings. The van der Waals surface area contributed by atoms with E-state index in [0.29, 0.717) is 24.5 Å². The van der Waals surface area contributed by atoms with Gasteiger partial charge in [0.2, 0.25) is 0 Å². The number of hydrogen-bond donors (Lipinski definition) is 0. The fourth-order valence-corrected chi connectivity index (χ4v) is 1.38. The largest absolute Gasteiger partial charge is 0.463 e. The smallest absolute Gasteiger partial charge is 0.333 e. The first-order chi connectivity index (χ1) is 7.01. The molecule has 0 aromatic rings. The van der Waals surface area contributed by atoms with Crippen LogP contribution >= 0.6 is 0 Å². The summed E-state index contributed by atoms with van der Waals surface area (Å²) in [7, 11) is 1.66. The van der Waals surface area contributed by atoms with Crippen molar-refractivity contribution in [1.82, 2.24) is 0 Å². The molecule has 0 aromatic heterocycles. The highest BCUT2D eigenvalue weighted by molar-refractivity contribution is 5.87. The van der Waals surface area contributed by atoms with Crippen LogP contribution in [0.1, 0.15) is 33.6 Å². The van der Waals surface area contributed by atoms with Crippen LogP contribution in [0.4, 0.5) is 0 Å². The molecule has 0 fully saturated rings. The highest BCUT2D eigenvalue weighted by atomic mass is 16.5. The van der Waals surface area contributed by atoms with Gasteiger partial charge >= 0.3 is 5.97 Å². The normalized spacial score (nSPS) is 12.6. The van der Waals surface area contributed by atoms with Crippen LogP contribution in [-0.4, -0.2) is 25.8 Å². The molecule has 0 spiro atoms. The summed E-state index contributed by atoms with van der Waals surface area (Å²) in [6.07, 6.45) is 1.53. The van der Waals surface area contributed by atoms with Gasteiger partial charge in [0.25, 0.3) is 0 Å². The molecule has 3 heteroatoms. The van der Waals surface area contributed by atoms with Gasteiger partial charge in [-0.2, -0.15) is 0 Å². The van der Waals surface area contributed by atoms with Crippen molar-refractivity contribution in [2.24, 2.45) is 5.92 Å². The lowest BCUT2D eigenvalue weighted by Crippen LogP contribution is -2.18. The van der Waals surface area contributed by atoms with E-state index in [2.05, 4.69) is 20.4 Å². The average Bonchev–Trinajstić information content (AvgIpc) is 2.16. The van der Waals surface area contributed by atoms with Crippen molar-refractivity contribution < 1.29 is 14.3 Å². The molecule has 88 valence electrons. The van der Waals surface area contributed by atoms with Crippen molar-refractivity contribution in [3.05, 3.63) is 12.2 Å². The monoisotopic (exact) mass is 214 g/mol. The Morgan fingerprint density at radius 1 is 1.40 bits per heavy atom. The van der Waals surface area contributed by atoms with E-state index in [1.54, 1.807) is 14.0 Å². The Kier molecular flexibility index (Phi) is 7.05. The van der Waals surface area contributed by atoms with Crippen LogP contribution in [-0.2, 0) is 14.3 Å². The summed E-state index contributed by atoms with van der Waals surface area (Å²) in [5.41, 5.74) is 0.490. The Balaban J connectivity index is 4.06. The standard InChI is InChI=1S/C12H22O3/c1-6-15-12(13)10(4)8-11(14-5)7-9(2)3/h9,11H,4,6-8H2,1-3,5H3. The fraction of sp³-hybridized carbons (Fsp3) is 0.750. The molecule has 0 bridgehead atoms. The maximum atomic E-state index is 11.3. The molecule has 1 atom stereocenters. The number of rotatable bonds is 7. The lowest BCUT2D eigenvalue weighted by atomic mass is 10.0. The van der Waals surface area contributed by atoms with Crippen molar-refractivity contribution in [2.45, 2.75) is 39.7 Å². The van der Waals surface area contributed by atoms with Gasteiger partial charge in [0, 0.05) is 19.1 Å². The first-order valence-electron chi connectivity index (χ1n) is 5.38. The van der Waals surface area contributed by atoms with E-state index in [4.69, 9.17) is 9.47 Å². The van der Waals surface area contributed by atoms with Crippen molar-refractivity contribution in [1.29, 1.82) is 0 Å². The van der Waals surface area contributed by atoms with Crippen molar-refractivity contribution in [3.63, 3.8) is 0 Å². The highest BCUT2D eigenvalue weighted by Gasteiger charge is 2.16. The van der Waals surface area contributed by atoms with Gasteiger partial charge in [0.05, 0.1) is 12.7 Å². The highest BCUT2D eigenvalue weighted by Crippen LogP contribution is 2.15. The SMILES string of the molecule is C=C(CC(CC(C)C)OC)C(=O)OCC. The number of esters is 1. The van der Waals surface area contributed by atoms with E-state index >= 15 is 0 Å². The Labute approximate surface area is 92.5 Å².